The number of hydrogen-bond donors (Lipinski definition) is 2. The summed E-state index contributed by atoms with van der Waals surface area (Å²) in [5, 5.41) is 2.88. The van der Waals surface area contributed by atoms with Crippen molar-refractivity contribution in [2.45, 2.75) is 38.8 Å². The second-order valence-electron chi connectivity index (χ2n) is 4.85. The van der Waals surface area contributed by atoms with Gasteiger partial charge in [-0.2, -0.15) is 0 Å². The minimum atomic E-state index is -0.561. The molecule has 0 saturated carbocycles. The topological polar surface area (TPSA) is 93.2 Å². The molecule has 0 spiro atoms. The molecule has 7 nitrogen and oxygen atoms in total. The third kappa shape index (κ3) is 3.57. The van der Waals surface area contributed by atoms with E-state index < -0.39 is 11.2 Å². The highest BCUT2D eigenvalue weighted by molar-refractivity contribution is 5.76. The molecule has 1 fully saturated rings. The summed E-state index contributed by atoms with van der Waals surface area (Å²) in [6.45, 7) is 3.02. The fourth-order valence-electron chi connectivity index (χ4n) is 2.19. The van der Waals surface area contributed by atoms with Gasteiger partial charge in [-0.05, 0) is 19.3 Å². The summed E-state index contributed by atoms with van der Waals surface area (Å²) in [6.07, 6.45) is 3.53. The van der Waals surface area contributed by atoms with E-state index in [0.717, 1.165) is 12.8 Å². The Morgan fingerprint density at radius 2 is 2.15 bits per heavy atom. The number of aryl methyl sites for hydroxylation is 1. The van der Waals surface area contributed by atoms with Gasteiger partial charge in [0.15, 0.2) is 0 Å². The molecule has 20 heavy (non-hydrogen) atoms. The quantitative estimate of drug-likeness (QED) is 0.770. The lowest BCUT2D eigenvalue weighted by Crippen LogP contribution is -2.42. The zero-order valence-corrected chi connectivity index (χ0v) is 11.5. The fourth-order valence-corrected chi connectivity index (χ4v) is 2.19. The fraction of sp³-hybridized carbons (Fsp3) is 0.615. The number of aromatic nitrogens is 2. The van der Waals surface area contributed by atoms with Gasteiger partial charge in [0.1, 0.15) is 6.54 Å². The van der Waals surface area contributed by atoms with Crippen molar-refractivity contribution in [3.05, 3.63) is 32.6 Å². The van der Waals surface area contributed by atoms with E-state index in [2.05, 4.69) is 10.3 Å². The van der Waals surface area contributed by atoms with E-state index in [9.17, 15) is 14.4 Å². The van der Waals surface area contributed by atoms with Crippen LogP contribution in [0.2, 0.25) is 0 Å². The molecule has 2 heterocycles. The molecule has 1 aromatic heterocycles. The molecule has 1 amide bonds. The molecule has 7 heteroatoms. The molecule has 1 aliphatic heterocycles. The molecule has 0 aromatic carbocycles. The van der Waals surface area contributed by atoms with Gasteiger partial charge >= 0.3 is 5.69 Å². The zero-order valence-electron chi connectivity index (χ0n) is 11.5. The molecule has 0 aliphatic carbocycles. The summed E-state index contributed by atoms with van der Waals surface area (Å²) in [4.78, 5) is 37.2. The number of carbonyl (C=O) groups excluding carboxylic acids is 1. The van der Waals surface area contributed by atoms with Crippen LogP contribution >= 0.6 is 0 Å². The highest BCUT2D eigenvalue weighted by Gasteiger charge is 2.16. The maximum atomic E-state index is 11.9. The van der Waals surface area contributed by atoms with Crippen LogP contribution in [0.25, 0.3) is 0 Å². The Kier molecular flexibility index (Phi) is 4.73. The lowest BCUT2D eigenvalue weighted by atomic mass is 10.1. The zero-order chi connectivity index (χ0) is 14.5. The standard InChI is InChI=1S/C13H19N3O4/c1-2-9-7-16(13(19)15-12(9)18)8-11(17)14-10-3-5-20-6-4-10/h7,10H,2-6,8H2,1H3,(H,14,17)(H,15,18,19). The van der Waals surface area contributed by atoms with Gasteiger partial charge in [0.25, 0.3) is 5.56 Å². The summed E-state index contributed by atoms with van der Waals surface area (Å²) in [5.41, 5.74) is -0.462. The molecule has 0 atom stereocenters. The van der Waals surface area contributed by atoms with Crippen molar-refractivity contribution in [3.8, 4) is 0 Å². The molecule has 2 N–H and O–H groups in total. The summed E-state index contributed by atoms with van der Waals surface area (Å²) in [7, 11) is 0. The first-order valence-corrected chi connectivity index (χ1v) is 6.80. The number of amides is 1. The van der Waals surface area contributed by atoms with Crippen LogP contribution in [0.3, 0.4) is 0 Å². The van der Waals surface area contributed by atoms with Crippen molar-refractivity contribution in [1.82, 2.24) is 14.9 Å². The normalized spacial score (nSPS) is 16.1. The number of ether oxygens (including phenoxy) is 1. The lowest BCUT2D eigenvalue weighted by Gasteiger charge is -2.23. The van der Waals surface area contributed by atoms with E-state index in [1.807, 2.05) is 6.92 Å². The largest absolute Gasteiger partial charge is 0.381 e. The number of hydrogen-bond acceptors (Lipinski definition) is 4. The third-order valence-corrected chi connectivity index (χ3v) is 3.37. The first-order valence-electron chi connectivity index (χ1n) is 6.80. The first kappa shape index (κ1) is 14.5. The minimum absolute atomic E-state index is 0.0834. The van der Waals surface area contributed by atoms with Crippen molar-refractivity contribution >= 4 is 5.91 Å². The van der Waals surface area contributed by atoms with E-state index in [1.54, 1.807) is 0 Å². The molecule has 1 saturated heterocycles. The van der Waals surface area contributed by atoms with Gasteiger partial charge in [0, 0.05) is 31.0 Å². The summed E-state index contributed by atoms with van der Waals surface area (Å²) < 4.78 is 6.45. The second kappa shape index (κ2) is 6.51. The van der Waals surface area contributed by atoms with Crippen LogP contribution in [-0.4, -0.2) is 34.7 Å². The molecule has 0 bridgehead atoms. The van der Waals surface area contributed by atoms with Gasteiger partial charge in [0.2, 0.25) is 5.91 Å². The Hall–Kier alpha value is -1.89. The number of nitrogens with zero attached hydrogens (tertiary/aromatic N) is 1. The summed E-state index contributed by atoms with van der Waals surface area (Å²) in [6, 6.07) is 0.0976. The average Bonchev–Trinajstić information content (AvgIpc) is 2.43. The van der Waals surface area contributed by atoms with Crippen LogP contribution in [0.4, 0.5) is 0 Å². The Labute approximate surface area is 116 Å². The summed E-state index contributed by atoms with van der Waals surface area (Å²) >= 11 is 0. The number of rotatable bonds is 4. The highest BCUT2D eigenvalue weighted by Crippen LogP contribution is 2.05. The Bertz CT molecular complexity index is 584. The van der Waals surface area contributed by atoms with Crippen molar-refractivity contribution in [2.24, 2.45) is 0 Å². The van der Waals surface area contributed by atoms with Crippen molar-refractivity contribution < 1.29 is 9.53 Å². The van der Waals surface area contributed by atoms with Crippen molar-refractivity contribution in [3.63, 3.8) is 0 Å². The van der Waals surface area contributed by atoms with Gasteiger partial charge in [-0.1, -0.05) is 6.92 Å². The molecule has 0 unspecified atom stereocenters. The number of H-pyrrole nitrogens is 1. The smallest absolute Gasteiger partial charge is 0.328 e. The predicted molar refractivity (Wildman–Crippen MR) is 72.7 cm³/mol. The lowest BCUT2D eigenvalue weighted by molar-refractivity contribution is -0.123. The predicted octanol–water partition coefficient (Wildman–Crippen LogP) is -0.606. The van der Waals surface area contributed by atoms with Crippen LogP contribution in [0, 0.1) is 0 Å². The van der Waals surface area contributed by atoms with E-state index in [-0.39, 0.29) is 18.5 Å². The van der Waals surface area contributed by atoms with Crippen molar-refractivity contribution in [2.75, 3.05) is 13.2 Å². The number of aromatic amines is 1. The van der Waals surface area contributed by atoms with Crippen LogP contribution in [0.1, 0.15) is 25.3 Å². The van der Waals surface area contributed by atoms with Gasteiger partial charge in [0.05, 0.1) is 0 Å². The van der Waals surface area contributed by atoms with Crippen LogP contribution in [0.5, 0.6) is 0 Å². The monoisotopic (exact) mass is 281 g/mol. The molecule has 0 radical (unpaired) electrons. The van der Waals surface area contributed by atoms with Crippen LogP contribution in [0.15, 0.2) is 15.8 Å². The van der Waals surface area contributed by atoms with E-state index in [1.165, 1.54) is 10.8 Å². The van der Waals surface area contributed by atoms with Gasteiger partial charge in [-0.25, -0.2) is 4.79 Å². The number of carbonyl (C=O) groups is 1. The summed E-state index contributed by atoms with van der Waals surface area (Å²) in [5.74, 6) is -0.229. The highest BCUT2D eigenvalue weighted by atomic mass is 16.5. The Morgan fingerprint density at radius 3 is 2.80 bits per heavy atom. The van der Waals surface area contributed by atoms with Gasteiger partial charge in [-0.3, -0.25) is 19.1 Å². The molecule has 110 valence electrons. The third-order valence-electron chi connectivity index (χ3n) is 3.37. The molecule has 1 aromatic rings. The minimum Gasteiger partial charge on any atom is -0.381 e. The average molecular weight is 281 g/mol. The molecular formula is C13H19N3O4. The number of nitrogens with one attached hydrogen (secondary N) is 2. The molecule has 2 rings (SSSR count). The second-order valence-corrected chi connectivity index (χ2v) is 4.85. The SMILES string of the molecule is CCc1cn(CC(=O)NC2CCOCC2)c(=O)[nH]c1=O. The van der Waals surface area contributed by atoms with Gasteiger partial charge in [-0.15, -0.1) is 0 Å². The first-order chi connectivity index (χ1) is 9.60. The Balaban J connectivity index is 2.03. The Morgan fingerprint density at radius 1 is 1.45 bits per heavy atom. The van der Waals surface area contributed by atoms with Crippen LogP contribution in [-0.2, 0) is 22.5 Å². The van der Waals surface area contributed by atoms with E-state index in [4.69, 9.17) is 4.74 Å². The maximum absolute atomic E-state index is 11.9. The molecular weight excluding hydrogens is 262 g/mol. The van der Waals surface area contributed by atoms with Crippen LogP contribution < -0.4 is 16.6 Å². The van der Waals surface area contributed by atoms with E-state index >= 15 is 0 Å². The molecule has 1 aliphatic rings. The maximum Gasteiger partial charge on any atom is 0.328 e. The van der Waals surface area contributed by atoms with Crippen molar-refractivity contribution in [1.29, 1.82) is 0 Å². The van der Waals surface area contributed by atoms with Gasteiger partial charge < -0.3 is 10.1 Å². The van der Waals surface area contributed by atoms with E-state index in [0.29, 0.717) is 25.2 Å².